The van der Waals surface area contributed by atoms with Gasteiger partial charge in [0.1, 0.15) is 0 Å². The Kier molecular flexibility index (Phi) is 10.8. The van der Waals surface area contributed by atoms with Crippen molar-refractivity contribution in [3.8, 4) is 0 Å². The van der Waals surface area contributed by atoms with Gasteiger partial charge < -0.3 is 10.4 Å². The van der Waals surface area contributed by atoms with Crippen LogP contribution in [0.2, 0.25) is 0 Å². The molecule has 0 aliphatic carbocycles. The molecule has 5 heteroatoms. The van der Waals surface area contributed by atoms with Crippen molar-refractivity contribution in [2.75, 3.05) is 13.3 Å². The third-order valence-corrected chi connectivity index (χ3v) is 5.86. The van der Waals surface area contributed by atoms with Crippen LogP contribution < -0.4 is 5.32 Å². The monoisotopic (exact) mass is 345 g/mol. The highest BCUT2D eigenvalue weighted by Gasteiger charge is 2.30. The predicted octanol–water partition coefficient (Wildman–Crippen LogP) is 3.90. The largest absolute Gasteiger partial charge is 0.481 e. The zero-order valence-electron chi connectivity index (χ0n) is 15.8. The Balaban J connectivity index is 5.00. The molecule has 4 nitrogen and oxygen atoms in total. The fourth-order valence-electron chi connectivity index (χ4n) is 3.41. The van der Waals surface area contributed by atoms with Crippen molar-refractivity contribution in [2.24, 2.45) is 29.6 Å². The highest BCUT2D eigenvalue weighted by molar-refractivity contribution is 8.13. The number of carbonyl (C=O) groups excluding carboxylic acids is 1. The average molecular weight is 346 g/mol. The van der Waals surface area contributed by atoms with Crippen molar-refractivity contribution < 1.29 is 14.7 Å². The van der Waals surface area contributed by atoms with E-state index in [1.54, 1.807) is 6.92 Å². The molecule has 0 saturated carbocycles. The number of hydrogen-bond acceptors (Lipinski definition) is 4. The molecule has 0 spiro atoms. The number of nitrogens with one attached hydrogen (secondary N) is 1. The Hall–Kier alpha value is -0.550. The average Bonchev–Trinajstić information content (AvgIpc) is 2.50. The Morgan fingerprint density at radius 3 is 1.91 bits per heavy atom. The maximum Gasteiger partial charge on any atom is 0.306 e. The summed E-state index contributed by atoms with van der Waals surface area (Å²) in [7, 11) is 1.95. The molecule has 0 aromatic heterocycles. The number of thioether (sulfide) groups is 1. The van der Waals surface area contributed by atoms with Gasteiger partial charge >= 0.3 is 5.97 Å². The van der Waals surface area contributed by atoms with E-state index in [1.165, 1.54) is 11.8 Å². The third kappa shape index (κ3) is 8.20. The summed E-state index contributed by atoms with van der Waals surface area (Å²) in [5.41, 5.74) is 0. The number of hydrogen-bond donors (Lipinski definition) is 2. The number of rotatable bonds is 11. The smallest absolute Gasteiger partial charge is 0.306 e. The van der Waals surface area contributed by atoms with Gasteiger partial charge in [-0.25, -0.2) is 0 Å². The summed E-state index contributed by atoms with van der Waals surface area (Å²) < 4.78 is 0. The van der Waals surface area contributed by atoms with Crippen LogP contribution in [-0.2, 0) is 9.59 Å². The zero-order valence-corrected chi connectivity index (χ0v) is 16.6. The Bertz CT molecular complexity index is 375. The number of carboxylic acids is 1. The summed E-state index contributed by atoms with van der Waals surface area (Å²) in [6.45, 7) is 10.3. The summed E-state index contributed by atoms with van der Waals surface area (Å²) in [5.74, 6) is 0.0176. The van der Waals surface area contributed by atoms with Gasteiger partial charge in [-0.15, -0.1) is 0 Å². The minimum absolute atomic E-state index is 0.0246. The van der Waals surface area contributed by atoms with Gasteiger partial charge in [0, 0.05) is 12.0 Å². The van der Waals surface area contributed by atoms with Crippen LogP contribution in [0, 0.1) is 29.6 Å². The first-order valence-electron chi connectivity index (χ1n) is 8.61. The van der Waals surface area contributed by atoms with Crippen molar-refractivity contribution in [3.05, 3.63) is 0 Å². The van der Waals surface area contributed by atoms with Crippen molar-refractivity contribution in [1.82, 2.24) is 5.32 Å². The lowest BCUT2D eigenvalue weighted by Crippen LogP contribution is -2.31. The molecule has 136 valence electrons. The standard InChI is InChI=1S/C18H35NO3S/c1-11(8-14(4)18(22)23-7)16(10-13(3)17(20)21)12(2)9-15(5)19-6/h11-16,19H,8-10H2,1-7H3,(H,20,21). The quantitative estimate of drug-likeness (QED) is 0.594. The fraction of sp³-hybridized carbons (Fsp3) is 0.889. The molecule has 2 N–H and O–H groups in total. The second kappa shape index (κ2) is 11.1. The van der Waals surface area contributed by atoms with Gasteiger partial charge in [-0.1, -0.05) is 39.5 Å². The molecule has 0 bridgehead atoms. The highest BCUT2D eigenvalue weighted by Crippen LogP contribution is 2.35. The van der Waals surface area contributed by atoms with E-state index < -0.39 is 5.97 Å². The van der Waals surface area contributed by atoms with Gasteiger partial charge in [0.2, 0.25) is 0 Å². The van der Waals surface area contributed by atoms with Crippen LogP contribution in [-0.4, -0.2) is 35.5 Å². The van der Waals surface area contributed by atoms with Gasteiger partial charge in [-0.3, -0.25) is 9.59 Å². The number of aliphatic carboxylic acids is 1. The molecule has 23 heavy (non-hydrogen) atoms. The van der Waals surface area contributed by atoms with Gasteiger partial charge in [0.15, 0.2) is 5.12 Å². The zero-order chi connectivity index (χ0) is 18.2. The number of carboxylic acid groups (broad SMARTS) is 1. The predicted molar refractivity (Wildman–Crippen MR) is 98.7 cm³/mol. The first kappa shape index (κ1) is 22.4. The summed E-state index contributed by atoms with van der Waals surface area (Å²) in [6, 6.07) is 0.407. The fourth-order valence-corrected chi connectivity index (χ4v) is 3.91. The summed E-state index contributed by atoms with van der Waals surface area (Å²) in [5, 5.41) is 12.7. The van der Waals surface area contributed by atoms with E-state index in [0.29, 0.717) is 30.2 Å². The van der Waals surface area contributed by atoms with Gasteiger partial charge in [-0.05, 0) is 57.2 Å². The van der Waals surface area contributed by atoms with Gasteiger partial charge in [0.25, 0.3) is 0 Å². The highest BCUT2D eigenvalue weighted by atomic mass is 32.2. The summed E-state index contributed by atoms with van der Waals surface area (Å²) in [4.78, 5) is 23.1. The van der Waals surface area contributed by atoms with E-state index in [4.69, 9.17) is 0 Å². The third-order valence-electron chi connectivity index (χ3n) is 5.06. The lowest BCUT2D eigenvalue weighted by molar-refractivity contribution is -0.142. The molecule has 0 aromatic rings. The van der Waals surface area contributed by atoms with Gasteiger partial charge in [-0.2, -0.15) is 0 Å². The van der Waals surface area contributed by atoms with Crippen molar-refractivity contribution in [2.45, 2.75) is 59.9 Å². The maximum absolute atomic E-state index is 11.9. The number of carbonyl (C=O) groups is 2. The first-order valence-corrected chi connectivity index (χ1v) is 9.84. The second-order valence-electron chi connectivity index (χ2n) is 7.18. The van der Waals surface area contributed by atoms with E-state index in [0.717, 1.165) is 12.8 Å². The molecular weight excluding hydrogens is 310 g/mol. The minimum Gasteiger partial charge on any atom is -0.481 e. The molecule has 0 aliphatic rings. The van der Waals surface area contributed by atoms with E-state index in [-0.39, 0.29) is 17.0 Å². The molecule has 0 radical (unpaired) electrons. The van der Waals surface area contributed by atoms with Crippen LogP contribution in [0.1, 0.15) is 53.9 Å². The lowest BCUT2D eigenvalue weighted by atomic mass is 9.73. The van der Waals surface area contributed by atoms with Crippen LogP contribution >= 0.6 is 11.8 Å². The minimum atomic E-state index is -0.732. The molecule has 0 amide bonds. The summed E-state index contributed by atoms with van der Waals surface area (Å²) in [6.07, 6.45) is 4.34. The molecule has 6 unspecified atom stereocenters. The van der Waals surface area contributed by atoms with Crippen molar-refractivity contribution >= 4 is 22.8 Å². The molecule has 0 aliphatic heterocycles. The normalized spacial score (nSPS) is 19.4. The topological polar surface area (TPSA) is 66.4 Å². The van der Waals surface area contributed by atoms with Crippen molar-refractivity contribution in [1.29, 1.82) is 0 Å². The molecular formula is C18H35NO3S. The summed E-state index contributed by atoms with van der Waals surface area (Å²) >= 11 is 1.29. The lowest BCUT2D eigenvalue weighted by Gasteiger charge is -2.33. The molecule has 6 atom stereocenters. The molecule has 0 aromatic carbocycles. The van der Waals surface area contributed by atoms with Crippen molar-refractivity contribution in [3.63, 3.8) is 0 Å². The Morgan fingerprint density at radius 1 is 0.957 bits per heavy atom. The van der Waals surface area contributed by atoms with Crippen LogP contribution in [0.5, 0.6) is 0 Å². The van der Waals surface area contributed by atoms with E-state index in [2.05, 4.69) is 26.1 Å². The van der Waals surface area contributed by atoms with E-state index >= 15 is 0 Å². The molecule has 0 heterocycles. The van der Waals surface area contributed by atoms with E-state index in [1.807, 2.05) is 20.2 Å². The second-order valence-corrected chi connectivity index (χ2v) is 7.99. The molecule has 0 rings (SSSR count). The Labute approximate surface area is 146 Å². The van der Waals surface area contributed by atoms with E-state index in [9.17, 15) is 14.7 Å². The van der Waals surface area contributed by atoms with Gasteiger partial charge in [0.05, 0.1) is 5.92 Å². The molecule has 0 saturated heterocycles. The maximum atomic E-state index is 11.9. The van der Waals surface area contributed by atoms with Crippen LogP contribution in [0.4, 0.5) is 0 Å². The SMILES string of the molecule is CNC(C)CC(C)C(CC(C)C(=O)O)C(C)CC(C)C(=O)SC. The Morgan fingerprint density at radius 2 is 1.48 bits per heavy atom. The molecule has 0 fully saturated rings. The van der Waals surface area contributed by atoms with Crippen LogP contribution in [0.3, 0.4) is 0 Å². The first-order chi connectivity index (χ1) is 10.6. The van der Waals surface area contributed by atoms with Crippen LogP contribution in [0.25, 0.3) is 0 Å². The van der Waals surface area contributed by atoms with Crippen LogP contribution in [0.15, 0.2) is 0 Å².